The number of carboxylic acids is 1. The van der Waals surface area contributed by atoms with Crippen LogP contribution in [0.1, 0.15) is 11.1 Å². The van der Waals surface area contributed by atoms with Gasteiger partial charge in [-0.2, -0.15) is 0 Å². The molecule has 9 heteroatoms. The molecule has 32 heavy (non-hydrogen) atoms. The summed E-state index contributed by atoms with van der Waals surface area (Å²) in [6.07, 6.45) is 4.83. The van der Waals surface area contributed by atoms with Gasteiger partial charge in [0.2, 0.25) is 11.7 Å². The Kier molecular flexibility index (Phi) is 5.65. The highest BCUT2D eigenvalue weighted by Crippen LogP contribution is 2.31. The lowest BCUT2D eigenvalue weighted by molar-refractivity contribution is -0.134. The molecule has 4 rings (SSSR count). The van der Waals surface area contributed by atoms with E-state index in [2.05, 4.69) is 15.3 Å². The molecule has 3 aromatic rings. The molecule has 0 unspecified atom stereocenters. The predicted molar refractivity (Wildman–Crippen MR) is 120 cm³/mol. The van der Waals surface area contributed by atoms with Crippen molar-refractivity contribution < 1.29 is 24.5 Å². The van der Waals surface area contributed by atoms with Crippen molar-refractivity contribution in [2.24, 2.45) is 0 Å². The maximum absolute atomic E-state index is 12.8. The first-order valence-electron chi connectivity index (χ1n) is 9.92. The van der Waals surface area contributed by atoms with Gasteiger partial charge in [-0.05, 0) is 48.9 Å². The molecule has 1 aliphatic rings. The zero-order chi connectivity index (χ0) is 22.8. The number of aryl methyl sites for hydroxylation is 1. The van der Waals surface area contributed by atoms with Gasteiger partial charge in [0.05, 0.1) is 6.61 Å². The molecule has 0 amide bonds. The first-order valence-corrected chi connectivity index (χ1v) is 9.92. The highest BCUT2D eigenvalue weighted by atomic mass is 16.5. The number of H-pyrrole nitrogens is 1. The fraction of sp³-hybridized carbons (Fsp3) is 0.174. The van der Waals surface area contributed by atoms with E-state index in [1.54, 1.807) is 24.5 Å². The summed E-state index contributed by atoms with van der Waals surface area (Å²) >= 11 is 0. The summed E-state index contributed by atoms with van der Waals surface area (Å²) < 4.78 is 5.67. The van der Waals surface area contributed by atoms with Crippen molar-refractivity contribution in [1.82, 2.24) is 9.97 Å². The fourth-order valence-corrected chi connectivity index (χ4v) is 3.48. The maximum Gasteiger partial charge on any atom is 0.345 e. The smallest absolute Gasteiger partial charge is 0.345 e. The van der Waals surface area contributed by atoms with E-state index in [0.717, 1.165) is 16.6 Å². The quantitative estimate of drug-likeness (QED) is 0.330. The van der Waals surface area contributed by atoms with Gasteiger partial charge in [-0.3, -0.25) is 4.79 Å². The second-order valence-corrected chi connectivity index (χ2v) is 7.36. The lowest BCUT2D eigenvalue weighted by Crippen LogP contribution is -2.21. The number of anilines is 2. The second-order valence-electron chi connectivity index (χ2n) is 7.36. The van der Waals surface area contributed by atoms with Gasteiger partial charge in [0.1, 0.15) is 5.65 Å². The number of aliphatic carboxylic acids is 1. The van der Waals surface area contributed by atoms with Crippen molar-refractivity contribution >= 4 is 40.2 Å². The molecule has 1 aliphatic heterocycles. The number of benzene rings is 1. The Morgan fingerprint density at radius 2 is 2.16 bits per heavy atom. The predicted octanol–water partition coefficient (Wildman–Crippen LogP) is 2.65. The van der Waals surface area contributed by atoms with Gasteiger partial charge in [-0.15, -0.1) is 0 Å². The summed E-state index contributed by atoms with van der Waals surface area (Å²) in [5, 5.41) is 22.5. The minimum atomic E-state index is -1.38. The summed E-state index contributed by atoms with van der Waals surface area (Å²) in [5.74, 6) is -2.31. The molecule has 3 heterocycles. The zero-order valence-electron chi connectivity index (χ0n) is 17.5. The average Bonchev–Trinajstić information content (AvgIpc) is 3.31. The molecule has 0 bridgehead atoms. The average molecular weight is 434 g/mol. The fourth-order valence-electron chi connectivity index (χ4n) is 3.48. The molecule has 0 radical (unpaired) electrons. The molecule has 0 saturated carbocycles. The number of hydrogen-bond donors (Lipinski definition) is 4. The molecule has 0 aliphatic carbocycles. The van der Waals surface area contributed by atoms with Crippen LogP contribution in [0.4, 0.5) is 11.4 Å². The summed E-state index contributed by atoms with van der Waals surface area (Å²) in [4.78, 5) is 33.7. The molecule has 1 aromatic carbocycles. The van der Waals surface area contributed by atoms with Crippen LogP contribution in [0, 0.1) is 6.92 Å². The number of carboxylic acid groups (broad SMARTS) is 1. The minimum absolute atomic E-state index is 0.0297. The van der Waals surface area contributed by atoms with E-state index in [1.807, 2.05) is 37.1 Å². The van der Waals surface area contributed by atoms with Crippen LogP contribution in [0.5, 0.6) is 0 Å². The molecule has 0 atom stereocenters. The van der Waals surface area contributed by atoms with Crippen molar-refractivity contribution in [3.05, 3.63) is 71.1 Å². The third kappa shape index (κ3) is 3.93. The van der Waals surface area contributed by atoms with Gasteiger partial charge in [0.25, 0.3) is 0 Å². The van der Waals surface area contributed by atoms with Crippen LogP contribution in [0.3, 0.4) is 0 Å². The Balaban J connectivity index is 1.63. The van der Waals surface area contributed by atoms with Crippen molar-refractivity contribution in [3.63, 3.8) is 0 Å². The van der Waals surface area contributed by atoms with E-state index in [0.29, 0.717) is 23.4 Å². The number of aliphatic hydroxyl groups is 1. The van der Waals surface area contributed by atoms with Crippen molar-refractivity contribution in [2.45, 2.75) is 6.92 Å². The van der Waals surface area contributed by atoms with E-state index >= 15 is 0 Å². The van der Waals surface area contributed by atoms with E-state index in [4.69, 9.17) is 9.84 Å². The molecular weight excluding hydrogens is 412 g/mol. The maximum atomic E-state index is 12.8. The minimum Gasteiger partial charge on any atom is -0.477 e. The Bertz CT molecular complexity index is 1270. The Morgan fingerprint density at radius 3 is 2.88 bits per heavy atom. The van der Waals surface area contributed by atoms with Crippen LogP contribution in [-0.4, -0.2) is 52.1 Å². The summed E-state index contributed by atoms with van der Waals surface area (Å²) in [6, 6.07) is 9.11. The number of aliphatic hydroxyl groups excluding tert-OH is 1. The number of fused-ring (bicyclic) bond motifs is 1. The third-order valence-electron chi connectivity index (χ3n) is 5.21. The second kappa shape index (κ2) is 8.56. The van der Waals surface area contributed by atoms with E-state index in [-0.39, 0.29) is 18.2 Å². The molecule has 0 saturated heterocycles. The molecule has 4 N–H and O–H groups in total. The number of hydrogen-bond acceptors (Lipinski definition) is 7. The van der Waals surface area contributed by atoms with Crippen LogP contribution >= 0.6 is 0 Å². The molecule has 2 aromatic heterocycles. The number of allylic oxidation sites excluding steroid dienone is 1. The van der Waals surface area contributed by atoms with Crippen LogP contribution in [0.15, 0.2) is 59.9 Å². The van der Waals surface area contributed by atoms with Crippen LogP contribution in [-0.2, 0) is 14.3 Å². The first-order chi connectivity index (χ1) is 15.4. The molecule has 0 fully saturated rings. The number of likely N-dealkylation sites (N-methyl/N-ethyl adjacent to an activating group) is 1. The number of nitrogens with zero attached hydrogens (tertiary/aromatic N) is 2. The Labute approximate surface area is 183 Å². The highest BCUT2D eigenvalue weighted by molar-refractivity contribution is 6.26. The third-order valence-corrected chi connectivity index (χ3v) is 5.21. The number of nitrogens with one attached hydrogen (secondary N) is 2. The lowest BCUT2D eigenvalue weighted by atomic mass is 10.1. The molecule has 164 valence electrons. The first kappa shape index (κ1) is 21.1. The van der Waals surface area contributed by atoms with Crippen molar-refractivity contribution in [2.75, 3.05) is 30.4 Å². The summed E-state index contributed by atoms with van der Waals surface area (Å²) in [6.45, 7) is 2.36. The number of pyridine rings is 1. The Morgan fingerprint density at radius 1 is 1.34 bits per heavy atom. The summed E-state index contributed by atoms with van der Waals surface area (Å²) in [7, 11) is 1.86. The number of aromatic nitrogens is 2. The van der Waals surface area contributed by atoms with Crippen LogP contribution < -0.4 is 10.2 Å². The normalized spacial score (nSPS) is 14.8. The van der Waals surface area contributed by atoms with Crippen molar-refractivity contribution in [3.8, 4) is 0 Å². The molecular formula is C23H22N4O5. The largest absolute Gasteiger partial charge is 0.477 e. The van der Waals surface area contributed by atoms with Gasteiger partial charge in [0, 0.05) is 48.3 Å². The van der Waals surface area contributed by atoms with Gasteiger partial charge in [-0.25, -0.2) is 9.78 Å². The lowest BCUT2D eigenvalue weighted by Gasteiger charge is -2.20. The van der Waals surface area contributed by atoms with Gasteiger partial charge >= 0.3 is 5.97 Å². The number of carbonyl (C=O) groups is 2. The monoisotopic (exact) mass is 434 g/mol. The number of ketones is 1. The van der Waals surface area contributed by atoms with Gasteiger partial charge in [0.15, 0.2) is 11.3 Å². The van der Waals surface area contributed by atoms with Crippen LogP contribution in [0.25, 0.3) is 17.1 Å². The number of carbonyl (C=O) groups excluding carboxylic acids is 1. The topological polar surface area (TPSA) is 128 Å². The number of Topliss-reactive ketones (excluding diaryl/α,β-unsaturated/α-hetero) is 1. The standard InChI is InChI=1S/C23H22N4O5/c1-13-10-15(27(2)8-9-28)5-6-17(13)26-22-19(23(30)31)20(29)18(32-22)11-14-12-25-21-16(14)4-3-7-24-21/h3-7,10-12,26,28H,8-9H2,1-2H3,(H,24,25)(H,30,31)/b18-11-. The SMILES string of the molecule is Cc1cc(N(C)CCO)ccc1NC1=C(C(=O)O)C(=O)/C(=C/c2c[nH]c3ncccc23)O1. The number of aromatic amines is 1. The van der Waals surface area contributed by atoms with Crippen LogP contribution in [0.2, 0.25) is 0 Å². The van der Waals surface area contributed by atoms with E-state index < -0.39 is 17.3 Å². The molecule has 9 nitrogen and oxygen atoms in total. The number of rotatable bonds is 7. The highest BCUT2D eigenvalue weighted by Gasteiger charge is 2.36. The number of ether oxygens (including phenoxy) is 1. The van der Waals surface area contributed by atoms with Crippen molar-refractivity contribution in [1.29, 1.82) is 0 Å². The zero-order valence-corrected chi connectivity index (χ0v) is 17.5. The van der Waals surface area contributed by atoms with Gasteiger partial charge in [-0.1, -0.05) is 0 Å². The molecule has 0 spiro atoms. The van der Waals surface area contributed by atoms with E-state index in [9.17, 15) is 14.7 Å². The summed E-state index contributed by atoms with van der Waals surface area (Å²) in [5.41, 5.74) is 3.17. The Hall–Kier alpha value is -4.11. The van der Waals surface area contributed by atoms with Gasteiger partial charge < -0.3 is 30.2 Å². The van der Waals surface area contributed by atoms with E-state index in [1.165, 1.54) is 6.08 Å².